The summed E-state index contributed by atoms with van der Waals surface area (Å²) in [5.74, 6) is -22.7. The van der Waals surface area contributed by atoms with Crippen LogP contribution in [0.5, 0.6) is 0 Å². The lowest BCUT2D eigenvalue weighted by molar-refractivity contribution is -0.134. The monoisotopic (exact) mass is 620 g/mol. The van der Waals surface area contributed by atoms with Gasteiger partial charge in [0.1, 0.15) is 13.2 Å². The fourth-order valence-corrected chi connectivity index (χ4v) is 3.87. The highest BCUT2D eigenvalue weighted by Crippen LogP contribution is 2.25. The topological polar surface area (TPSA) is 69.5 Å². The summed E-state index contributed by atoms with van der Waals surface area (Å²) in [4.78, 5) is 21.5. The van der Waals surface area contributed by atoms with Gasteiger partial charge in [-0.15, -0.1) is 0 Å². The summed E-state index contributed by atoms with van der Waals surface area (Å²) >= 11 is 0. The zero-order valence-corrected chi connectivity index (χ0v) is 22.8. The molecule has 2 rings (SSSR count). The molecule has 0 aromatic heterocycles. The molecule has 0 aliphatic rings. The van der Waals surface area contributed by atoms with E-state index in [-0.39, 0.29) is 30.7 Å². The maximum atomic E-state index is 13.9. The summed E-state index contributed by atoms with van der Waals surface area (Å²) in [5.41, 5.74) is -2.75. The second-order valence-electron chi connectivity index (χ2n) is 9.39. The van der Waals surface area contributed by atoms with E-state index in [0.717, 1.165) is 0 Å². The van der Waals surface area contributed by atoms with Crippen molar-refractivity contribution in [2.75, 3.05) is 0 Å². The Morgan fingerprint density at radius 3 is 1.37 bits per heavy atom. The van der Waals surface area contributed by atoms with E-state index in [9.17, 15) is 48.7 Å². The van der Waals surface area contributed by atoms with E-state index in [4.69, 9.17) is 9.26 Å². The number of rotatable bonds is 12. The second-order valence-corrected chi connectivity index (χ2v) is 13.8. The van der Waals surface area contributed by atoms with E-state index in [1.807, 2.05) is 0 Å². The Morgan fingerprint density at radius 1 is 0.610 bits per heavy atom. The third kappa shape index (κ3) is 8.67. The fourth-order valence-electron chi connectivity index (χ4n) is 3.08. The highest BCUT2D eigenvalue weighted by molar-refractivity contribution is 6.71. The molecule has 0 saturated heterocycles. The van der Waals surface area contributed by atoms with E-state index in [0.29, 0.717) is 0 Å². The smallest absolute Gasteiger partial charge is 0.292 e. The molecule has 41 heavy (non-hydrogen) atoms. The maximum absolute atomic E-state index is 13.9. The Labute approximate surface area is 227 Å². The van der Waals surface area contributed by atoms with E-state index < -0.39 is 96.8 Å². The number of oxime groups is 2. The van der Waals surface area contributed by atoms with Crippen LogP contribution in [0.25, 0.3) is 0 Å². The molecule has 0 amide bonds. The first-order valence-corrected chi connectivity index (χ1v) is 14.9. The molecule has 0 radical (unpaired) electrons. The van der Waals surface area contributed by atoms with Crippen LogP contribution in [0.2, 0.25) is 19.6 Å². The molecule has 2 aromatic rings. The SMILES string of the molecule is C/C(C/C(CCC(=O)O[Si](C)(C)C)=N/OCc1c(F)c(F)c(F)c(F)c1F)=N\OCc1c(F)c(F)c(F)c(F)c1F. The molecule has 0 saturated carbocycles. The zero-order chi connectivity index (χ0) is 31.2. The lowest BCUT2D eigenvalue weighted by atomic mass is 10.1. The van der Waals surface area contributed by atoms with E-state index in [1.165, 1.54) is 6.92 Å². The first-order valence-electron chi connectivity index (χ1n) is 11.5. The molecule has 0 aliphatic carbocycles. The summed E-state index contributed by atoms with van der Waals surface area (Å²) in [6.45, 7) is 4.07. The molecule has 6 nitrogen and oxygen atoms in total. The molecule has 0 atom stereocenters. The van der Waals surface area contributed by atoms with Crippen molar-refractivity contribution in [3.8, 4) is 0 Å². The fraction of sp³-hybridized carbons (Fsp3) is 0.375. The molecular formula is C24H22F10N2O4Si. The summed E-state index contributed by atoms with van der Waals surface area (Å²) in [6, 6.07) is 0. The lowest BCUT2D eigenvalue weighted by Gasteiger charge is -2.17. The summed E-state index contributed by atoms with van der Waals surface area (Å²) in [6.07, 6.45) is -0.840. The van der Waals surface area contributed by atoms with E-state index in [1.54, 1.807) is 19.6 Å². The molecule has 0 unspecified atom stereocenters. The second kappa shape index (κ2) is 13.8. The largest absolute Gasteiger partial charge is 0.520 e. The van der Waals surface area contributed by atoms with E-state index in [2.05, 4.69) is 15.1 Å². The van der Waals surface area contributed by atoms with Gasteiger partial charge in [0.15, 0.2) is 46.5 Å². The van der Waals surface area contributed by atoms with Gasteiger partial charge in [0, 0.05) is 12.8 Å². The first kappa shape index (κ1) is 33.6. The van der Waals surface area contributed by atoms with Crippen molar-refractivity contribution >= 4 is 25.7 Å². The predicted molar refractivity (Wildman–Crippen MR) is 126 cm³/mol. The van der Waals surface area contributed by atoms with Gasteiger partial charge in [-0.25, -0.2) is 43.9 Å². The highest BCUT2D eigenvalue weighted by atomic mass is 28.4. The van der Waals surface area contributed by atoms with Gasteiger partial charge in [-0.05, 0) is 33.0 Å². The molecule has 0 heterocycles. The molecule has 0 bridgehead atoms. The number of halogens is 10. The zero-order valence-electron chi connectivity index (χ0n) is 21.8. The van der Waals surface area contributed by atoms with Crippen molar-refractivity contribution in [3.05, 3.63) is 69.3 Å². The van der Waals surface area contributed by atoms with Gasteiger partial charge < -0.3 is 14.1 Å². The van der Waals surface area contributed by atoms with Gasteiger partial charge in [-0.3, -0.25) is 4.79 Å². The van der Waals surface area contributed by atoms with Crippen LogP contribution in [-0.4, -0.2) is 25.7 Å². The maximum Gasteiger partial charge on any atom is 0.292 e. The number of hydrogen-bond acceptors (Lipinski definition) is 6. The van der Waals surface area contributed by atoms with Crippen molar-refractivity contribution in [1.82, 2.24) is 0 Å². The van der Waals surface area contributed by atoms with Crippen LogP contribution in [0.15, 0.2) is 10.3 Å². The summed E-state index contributed by atoms with van der Waals surface area (Å²) in [5, 5.41) is 7.05. The summed E-state index contributed by atoms with van der Waals surface area (Å²) in [7, 11) is -2.28. The average Bonchev–Trinajstić information content (AvgIpc) is 2.89. The van der Waals surface area contributed by atoms with Gasteiger partial charge in [0.25, 0.3) is 5.97 Å². The van der Waals surface area contributed by atoms with Gasteiger partial charge in [-0.1, -0.05) is 10.3 Å². The van der Waals surface area contributed by atoms with Crippen LogP contribution >= 0.6 is 0 Å². The van der Waals surface area contributed by atoms with E-state index >= 15 is 0 Å². The van der Waals surface area contributed by atoms with Gasteiger partial charge in [0.05, 0.1) is 22.6 Å². The summed E-state index contributed by atoms with van der Waals surface area (Å²) < 4.78 is 141. The number of hydrogen-bond donors (Lipinski definition) is 0. The standard InChI is InChI=1S/C24H22F10N2O4Si/c1-10(35-38-8-12-15(25)19(29)23(33)20(30)16(12)26)7-11(5-6-14(37)40-41(2,3)4)36-39-9-13-17(27)21(31)24(34)22(32)18(13)28/h5-9H2,1-4H3/b35-10+,36-11+. The number of nitrogens with zero attached hydrogens (tertiary/aromatic N) is 2. The first-order chi connectivity index (χ1) is 19.0. The lowest BCUT2D eigenvalue weighted by Crippen LogP contribution is -2.29. The van der Waals surface area contributed by atoms with Crippen LogP contribution in [-0.2, 0) is 32.1 Å². The van der Waals surface area contributed by atoms with Gasteiger partial charge in [-0.2, -0.15) is 0 Å². The Balaban J connectivity index is 2.21. The Bertz CT molecular complexity index is 1320. The molecule has 17 heteroatoms. The normalized spacial score (nSPS) is 12.5. The van der Waals surface area contributed by atoms with Crippen LogP contribution in [0.4, 0.5) is 43.9 Å². The number of carbonyl (C=O) groups is 1. The quantitative estimate of drug-likeness (QED) is 0.0635. The van der Waals surface area contributed by atoms with Crippen LogP contribution in [0, 0.1) is 58.2 Å². The third-order valence-electron chi connectivity index (χ3n) is 4.93. The Kier molecular flexibility index (Phi) is 11.3. The molecule has 0 aliphatic heterocycles. The van der Waals surface area contributed by atoms with Crippen LogP contribution < -0.4 is 0 Å². The van der Waals surface area contributed by atoms with Crippen molar-refractivity contribution in [3.63, 3.8) is 0 Å². The minimum Gasteiger partial charge on any atom is -0.520 e. The molecular weight excluding hydrogens is 598 g/mol. The van der Waals surface area contributed by atoms with Crippen molar-refractivity contribution in [2.24, 2.45) is 10.3 Å². The molecule has 226 valence electrons. The average molecular weight is 621 g/mol. The molecule has 2 aromatic carbocycles. The molecule has 0 spiro atoms. The van der Waals surface area contributed by atoms with Gasteiger partial charge >= 0.3 is 0 Å². The van der Waals surface area contributed by atoms with Crippen molar-refractivity contribution < 1.29 is 62.8 Å². The Hall–Kier alpha value is -3.63. The van der Waals surface area contributed by atoms with Crippen molar-refractivity contribution in [1.29, 1.82) is 0 Å². The minimum atomic E-state index is -2.37. The third-order valence-corrected chi connectivity index (χ3v) is 5.77. The van der Waals surface area contributed by atoms with Gasteiger partial charge in [0.2, 0.25) is 20.0 Å². The molecule has 0 N–H and O–H groups in total. The predicted octanol–water partition coefficient (Wildman–Crippen LogP) is 7.09. The van der Waals surface area contributed by atoms with Crippen LogP contribution in [0.1, 0.15) is 37.3 Å². The Morgan fingerprint density at radius 2 is 0.976 bits per heavy atom. The number of benzene rings is 2. The number of carbonyl (C=O) groups excluding carboxylic acids is 1. The molecule has 0 fully saturated rings. The van der Waals surface area contributed by atoms with Crippen LogP contribution in [0.3, 0.4) is 0 Å². The minimum absolute atomic E-state index is 0.0500. The van der Waals surface area contributed by atoms with Crippen molar-refractivity contribution in [2.45, 2.75) is 59.0 Å². The highest BCUT2D eigenvalue weighted by Gasteiger charge is 2.27.